The van der Waals surface area contributed by atoms with Gasteiger partial charge in [0.25, 0.3) is 0 Å². The van der Waals surface area contributed by atoms with E-state index in [-0.39, 0.29) is 0 Å². The van der Waals surface area contributed by atoms with E-state index in [9.17, 15) is 0 Å². The minimum atomic E-state index is -9.62. The van der Waals surface area contributed by atoms with Crippen LogP contribution >= 0.6 is 0 Å². The molecule has 0 N–H and O–H groups in total. The minimum absolute atomic E-state index is 8.66. The molecule has 0 rings (SSSR count). The molecule has 0 unspecified atom stereocenters. The molecule has 0 saturated heterocycles. The van der Waals surface area contributed by atoms with Crippen LogP contribution in [-0.4, -0.2) is 0 Å². The molecule has 0 aromatic heterocycles. The molecule has 48 valence electrons. The van der Waals surface area contributed by atoms with Gasteiger partial charge in [-0.15, -0.1) is 0 Å². The fourth-order valence-electron chi connectivity index (χ4n) is 0. The number of rotatable bonds is 0. The van der Waals surface area contributed by atoms with E-state index in [0.29, 0.717) is 0 Å². The molecule has 6 nitrogen and oxygen atoms in total. The summed E-state index contributed by atoms with van der Waals surface area (Å²) in [6, 6.07) is 0. The average Bonchev–Trinajstić information content (AvgIpc) is 0.592. The maximum atomic E-state index is 8.66. The molecule has 0 amide bonds. The second-order valence-corrected chi connectivity index (χ2v) is 6.34. The third-order valence-corrected chi connectivity index (χ3v) is 0. The summed E-state index contributed by atoms with van der Waals surface area (Å²) in [5, 5.41) is 0. The topological polar surface area (TPSA) is 138 Å². The van der Waals surface area contributed by atoms with Crippen molar-refractivity contribution in [3.63, 3.8) is 0 Å². The van der Waals surface area contributed by atoms with Crippen molar-refractivity contribution in [1.82, 2.24) is 0 Å². The van der Waals surface area contributed by atoms with E-state index in [1.807, 2.05) is 0 Å². The molecule has 0 saturated carbocycles. The fraction of sp³-hybridized carbons (Fsp3) is 0. The zero-order valence-corrected chi connectivity index (χ0v) is 4.98. The quantitative estimate of drug-likeness (QED) is 0.373. The Bertz CT molecular complexity index is 62.7. The second kappa shape index (κ2) is 0.815. The number of halogens is 1. The summed E-state index contributed by atoms with van der Waals surface area (Å²) in [7, 11) is 0. The predicted octanol–water partition coefficient (Wildman–Crippen LogP) is -10.1. The molecule has 7 heavy (non-hydrogen) atoms. The van der Waals surface area contributed by atoms with Gasteiger partial charge in [0.05, 0.1) is 0 Å². The van der Waals surface area contributed by atoms with Gasteiger partial charge in [0.2, 0.25) is 0 Å². The van der Waals surface area contributed by atoms with Crippen molar-refractivity contribution >= 4 is 0 Å². The molecular formula is IO6-5. The van der Waals surface area contributed by atoms with Crippen LogP contribution in [0.2, 0.25) is 0 Å². The van der Waals surface area contributed by atoms with Gasteiger partial charge in [0.15, 0.2) is 0 Å². The van der Waals surface area contributed by atoms with Crippen molar-refractivity contribution in [2.75, 3.05) is 0 Å². The first kappa shape index (κ1) is 7.49. The summed E-state index contributed by atoms with van der Waals surface area (Å²) < 4.78 is 52.0. The van der Waals surface area contributed by atoms with E-state index in [1.54, 1.807) is 0 Å². The molecule has 0 aromatic rings. The van der Waals surface area contributed by atoms with Gasteiger partial charge in [0, 0.05) is 0 Å². The Labute approximate surface area is 39.3 Å². The molecule has 0 aliphatic carbocycles. The van der Waals surface area contributed by atoms with Crippen molar-refractivity contribution in [3.8, 4) is 0 Å². The van der Waals surface area contributed by atoms with Crippen LogP contribution in [0.1, 0.15) is 0 Å². The Morgan fingerprint density at radius 3 is 0.571 bits per heavy atom. The first-order valence-electron chi connectivity index (χ1n) is 0.926. The van der Waals surface area contributed by atoms with Crippen LogP contribution in [0.3, 0.4) is 0 Å². The van der Waals surface area contributed by atoms with E-state index < -0.39 is 18.2 Å². The van der Waals surface area contributed by atoms with Crippen LogP contribution in [0.4, 0.5) is 0 Å². The second-order valence-electron chi connectivity index (χ2n) is 0.945. The Kier molecular flexibility index (Phi) is 0.872. The van der Waals surface area contributed by atoms with Crippen LogP contribution in [0.25, 0.3) is 0 Å². The van der Waals surface area contributed by atoms with Gasteiger partial charge in [-0.3, -0.25) is 0 Å². The Morgan fingerprint density at radius 1 is 0.571 bits per heavy atom. The zero-order chi connectivity index (χ0) is 6.41. The first-order valence-corrected chi connectivity index (χ1v) is 6.21. The van der Waals surface area contributed by atoms with E-state index in [2.05, 4.69) is 0 Å². The van der Waals surface area contributed by atoms with Gasteiger partial charge in [-0.25, -0.2) is 0 Å². The standard InChI is InChI=1S/IO6/c2-1(3,4,5,6)7/q-5. The normalized spacial score (nSPS) is 23.1. The molecule has 0 heterocycles. The average molecular weight is 223 g/mol. The third kappa shape index (κ3) is 545. The van der Waals surface area contributed by atoms with Crippen molar-refractivity contribution in [2.24, 2.45) is 0 Å². The van der Waals surface area contributed by atoms with Gasteiger partial charge in [-0.1, -0.05) is 0 Å². The molecule has 0 fully saturated rings. The predicted molar refractivity (Wildman–Crippen MR) is 0 cm³/mol. The van der Waals surface area contributed by atoms with Crippen molar-refractivity contribution < 1.29 is 38.8 Å². The molecular weight excluding hydrogens is 223 g/mol. The molecule has 0 radical (unpaired) electrons. The zero-order valence-electron chi connectivity index (χ0n) is 2.83. The van der Waals surface area contributed by atoms with Crippen molar-refractivity contribution in [1.29, 1.82) is 0 Å². The summed E-state index contributed by atoms with van der Waals surface area (Å²) in [4.78, 5) is 0. The maximum absolute atomic E-state index is 9.62. The van der Waals surface area contributed by atoms with Gasteiger partial charge in [0.1, 0.15) is 0 Å². The summed E-state index contributed by atoms with van der Waals surface area (Å²) in [5.41, 5.74) is 0. The summed E-state index contributed by atoms with van der Waals surface area (Å²) in [6.07, 6.45) is 0. The van der Waals surface area contributed by atoms with E-state index in [4.69, 9.17) is 20.6 Å². The molecule has 0 aliphatic heterocycles. The number of hydrogen-bond acceptors (Lipinski definition) is 6. The molecule has 0 aromatic carbocycles. The molecule has 0 spiro atoms. The van der Waals surface area contributed by atoms with Gasteiger partial charge in [-0.05, 0) is 0 Å². The monoisotopic (exact) mass is 223 g/mol. The third-order valence-electron chi connectivity index (χ3n) is 0. The molecule has 7 heteroatoms. The van der Waals surface area contributed by atoms with Gasteiger partial charge >= 0.3 is 38.8 Å². The first-order chi connectivity index (χ1) is 2.45. The van der Waals surface area contributed by atoms with Gasteiger partial charge < -0.3 is 0 Å². The molecule has 0 atom stereocenters. The van der Waals surface area contributed by atoms with Crippen LogP contribution < -0.4 is 38.8 Å². The Morgan fingerprint density at radius 2 is 0.571 bits per heavy atom. The van der Waals surface area contributed by atoms with Crippen molar-refractivity contribution in [3.05, 3.63) is 0 Å². The van der Waals surface area contributed by atoms with Crippen molar-refractivity contribution in [2.45, 2.75) is 0 Å². The van der Waals surface area contributed by atoms with E-state index in [0.717, 1.165) is 0 Å². The summed E-state index contributed by atoms with van der Waals surface area (Å²) in [6.45, 7) is 0. The Balaban J connectivity index is 4.43. The Hall–Kier alpha value is 0.490. The van der Waals surface area contributed by atoms with Crippen LogP contribution in [-0.2, 0) is 0 Å². The van der Waals surface area contributed by atoms with Crippen LogP contribution in [0.15, 0.2) is 0 Å². The number of hydrogen-bond donors (Lipinski definition) is 0. The van der Waals surface area contributed by atoms with Crippen LogP contribution in [0, 0.1) is 0 Å². The van der Waals surface area contributed by atoms with E-state index in [1.165, 1.54) is 0 Å². The molecule has 0 aliphatic rings. The van der Waals surface area contributed by atoms with Crippen LogP contribution in [0.5, 0.6) is 0 Å². The SMILES string of the molecule is [O-][I+]([O-])([O-])([O-])([O-])[O-]. The summed E-state index contributed by atoms with van der Waals surface area (Å²) >= 11 is -9.62. The summed E-state index contributed by atoms with van der Waals surface area (Å²) in [5.74, 6) is 0. The van der Waals surface area contributed by atoms with Gasteiger partial charge in [-0.2, -0.15) is 0 Å². The fourth-order valence-corrected chi connectivity index (χ4v) is 0. The van der Waals surface area contributed by atoms with E-state index >= 15 is 0 Å². The molecule has 0 bridgehead atoms.